The van der Waals surface area contributed by atoms with Gasteiger partial charge in [0.15, 0.2) is 0 Å². The molecule has 2 heterocycles. The van der Waals surface area contributed by atoms with Crippen molar-refractivity contribution in [1.29, 1.82) is 0 Å². The van der Waals surface area contributed by atoms with Crippen molar-refractivity contribution in [2.24, 2.45) is 0 Å². The van der Waals surface area contributed by atoms with Crippen LogP contribution < -0.4 is 0 Å². The average molecular weight is 374 g/mol. The van der Waals surface area contributed by atoms with Crippen LogP contribution in [0, 0.1) is 11.6 Å². The molecule has 8 heteroatoms. The molecule has 25 heavy (non-hydrogen) atoms. The number of alkyl halides is 2. The summed E-state index contributed by atoms with van der Waals surface area (Å²) in [6, 6.07) is 3.65. The van der Waals surface area contributed by atoms with Gasteiger partial charge in [-0.2, -0.15) is 5.10 Å². The van der Waals surface area contributed by atoms with Gasteiger partial charge in [0.25, 0.3) is 6.43 Å². The Hall–Kier alpha value is -1.60. The van der Waals surface area contributed by atoms with Crippen molar-refractivity contribution >= 4 is 11.6 Å². The van der Waals surface area contributed by atoms with Crippen molar-refractivity contribution in [3.63, 3.8) is 0 Å². The maximum Gasteiger partial charge on any atom is 0.256 e. The summed E-state index contributed by atoms with van der Waals surface area (Å²) in [4.78, 5) is 1.76. The molecule has 1 aromatic carbocycles. The molecule has 1 aliphatic carbocycles. The van der Waals surface area contributed by atoms with Crippen LogP contribution in [0.3, 0.4) is 0 Å². The highest BCUT2D eigenvalue weighted by Gasteiger charge is 2.56. The van der Waals surface area contributed by atoms with Crippen LogP contribution in [0.5, 0.6) is 0 Å². The molecule has 2 aliphatic rings. The molecule has 0 saturated heterocycles. The number of rotatable bonds is 4. The number of hydrogen-bond acceptors (Lipinski definition) is 2. The molecule has 1 saturated carbocycles. The molecule has 1 fully saturated rings. The van der Waals surface area contributed by atoms with Crippen LogP contribution in [0.25, 0.3) is 0 Å². The van der Waals surface area contributed by atoms with E-state index in [4.69, 9.17) is 11.6 Å². The summed E-state index contributed by atoms with van der Waals surface area (Å²) in [5.41, 5.74) is 0.234. The molecule has 0 radical (unpaired) electrons. The van der Waals surface area contributed by atoms with Gasteiger partial charge < -0.3 is 0 Å². The van der Waals surface area contributed by atoms with Gasteiger partial charge in [-0.05, 0) is 31.4 Å². The zero-order chi connectivity index (χ0) is 17.8. The Morgan fingerprint density at radius 2 is 1.88 bits per heavy atom. The van der Waals surface area contributed by atoms with E-state index in [2.05, 4.69) is 5.10 Å². The Balaban J connectivity index is 1.61. The zero-order valence-corrected chi connectivity index (χ0v) is 14.0. The van der Waals surface area contributed by atoms with Crippen LogP contribution in [0.15, 0.2) is 18.2 Å². The maximum atomic E-state index is 13.9. The van der Waals surface area contributed by atoms with Crippen LogP contribution in [0.1, 0.15) is 29.7 Å². The van der Waals surface area contributed by atoms with E-state index in [-0.39, 0.29) is 18.7 Å². The summed E-state index contributed by atoms with van der Waals surface area (Å²) in [5, 5.41) is 4.66. The van der Waals surface area contributed by atoms with Crippen molar-refractivity contribution in [1.82, 2.24) is 14.7 Å². The van der Waals surface area contributed by atoms with Gasteiger partial charge in [0.05, 0.1) is 17.8 Å². The molecule has 1 aromatic heterocycles. The molecule has 4 rings (SSSR count). The first-order valence-corrected chi connectivity index (χ1v) is 8.50. The fraction of sp³-hybridized carbons (Fsp3) is 0.471. The largest absolute Gasteiger partial charge is 0.286 e. The van der Waals surface area contributed by atoms with Crippen molar-refractivity contribution in [2.75, 3.05) is 6.54 Å². The van der Waals surface area contributed by atoms with E-state index in [1.54, 1.807) is 4.90 Å². The van der Waals surface area contributed by atoms with Gasteiger partial charge in [0.2, 0.25) is 0 Å². The molecule has 134 valence electrons. The van der Waals surface area contributed by atoms with E-state index in [9.17, 15) is 17.6 Å². The first-order valence-electron chi connectivity index (χ1n) is 8.12. The minimum atomic E-state index is -2.39. The van der Waals surface area contributed by atoms with E-state index in [1.165, 1.54) is 22.9 Å². The standard InChI is InChI=1S/C17H16ClF4N3/c18-15-10-4-7-24(17(5-6-17)16(21)22)9-14(10)23-25(15)8-11-12(19)2-1-3-13(11)20/h1-3,16H,4-9H2. The molecule has 0 spiro atoms. The highest BCUT2D eigenvalue weighted by atomic mass is 35.5. The lowest BCUT2D eigenvalue weighted by atomic mass is 10.0. The quantitative estimate of drug-likeness (QED) is 0.755. The Kier molecular flexibility index (Phi) is 4.03. The Bertz CT molecular complexity index is 796. The number of aromatic nitrogens is 2. The second-order valence-electron chi connectivity index (χ2n) is 6.65. The molecule has 0 atom stereocenters. The van der Waals surface area contributed by atoms with Gasteiger partial charge in [-0.15, -0.1) is 0 Å². The zero-order valence-electron chi connectivity index (χ0n) is 13.3. The predicted octanol–water partition coefficient (Wildman–Crippen LogP) is 4.02. The fourth-order valence-corrected chi connectivity index (χ4v) is 3.83. The van der Waals surface area contributed by atoms with Crippen LogP contribution in [-0.2, 0) is 19.5 Å². The van der Waals surface area contributed by atoms with Crippen molar-refractivity contribution in [3.8, 4) is 0 Å². The molecule has 0 N–H and O–H groups in total. The van der Waals surface area contributed by atoms with E-state index in [0.717, 1.165) is 5.56 Å². The maximum absolute atomic E-state index is 13.9. The Morgan fingerprint density at radius 3 is 2.48 bits per heavy atom. The minimum absolute atomic E-state index is 0.118. The number of nitrogens with zero attached hydrogens (tertiary/aromatic N) is 3. The molecule has 0 bridgehead atoms. The molecule has 3 nitrogen and oxygen atoms in total. The average Bonchev–Trinajstić information content (AvgIpc) is 3.33. The van der Waals surface area contributed by atoms with Crippen LogP contribution in [0.2, 0.25) is 5.15 Å². The van der Waals surface area contributed by atoms with Crippen LogP contribution in [0.4, 0.5) is 17.6 Å². The third kappa shape index (κ3) is 2.73. The number of benzene rings is 1. The second kappa shape index (κ2) is 5.99. The third-order valence-electron chi connectivity index (χ3n) is 5.21. The van der Waals surface area contributed by atoms with Gasteiger partial charge in [0, 0.05) is 24.2 Å². The van der Waals surface area contributed by atoms with Gasteiger partial charge in [-0.25, -0.2) is 22.2 Å². The lowest BCUT2D eigenvalue weighted by Crippen LogP contribution is -2.45. The van der Waals surface area contributed by atoms with Gasteiger partial charge in [-0.1, -0.05) is 17.7 Å². The van der Waals surface area contributed by atoms with Crippen molar-refractivity contribution in [2.45, 2.75) is 44.3 Å². The highest BCUT2D eigenvalue weighted by Crippen LogP contribution is 2.48. The summed E-state index contributed by atoms with van der Waals surface area (Å²) in [6.45, 7) is 0.632. The van der Waals surface area contributed by atoms with Crippen molar-refractivity contribution in [3.05, 3.63) is 51.8 Å². The molecule has 2 aromatic rings. The van der Waals surface area contributed by atoms with E-state index in [0.29, 0.717) is 36.7 Å². The summed E-state index contributed by atoms with van der Waals surface area (Å²) in [6.07, 6.45) is -0.925. The summed E-state index contributed by atoms with van der Waals surface area (Å²) < 4.78 is 55.7. The third-order valence-corrected chi connectivity index (χ3v) is 5.63. The van der Waals surface area contributed by atoms with Gasteiger partial charge in [-0.3, -0.25) is 4.90 Å². The minimum Gasteiger partial charge on any atom is -0.286 e. The Morgan fingerprint density at radius 1 is 1.20 bits per heavy atom. The van der Waals surface area contributed by atoms with Gasteiger partial charge >= 0.3 is 0 Å². The molecular weight excluding hydrogens is 358 g/mol. The van der Waals surface area contributed by atoms with Crippen LogP contribution >= 0.6 is 11.6 Å². The smallest absolute Gasteiger partial charge is 0.256 e. The van der Waals surface area contributed by atoms with Gasteiger partial charge in [0.1, 0.15) is 16.8 Å². The first kappa shape index (κ1) is 16.8. The lowest BCUT2D eigenvalue weighted by molar-refractivity contribution is 0.000323. The monoisotopic (exact) mass is 373 g/mol. The SMILES string of the molecule is Fc1cccc(F)c1Cn1nc2c(c1Cl)CCN(C1(C(F)F)CC1)C2. The van der Waals surface area contributed by atoms with Crippen molar-refractivity contribution < 1.29 is 17.6 Å². The summed E-state index contributed by atoms with van der Waals surface area (Å²) in [7, 11) is 0. The number of hydrogen-bond donors (Lipinski definition) is 0. The first-order chi connectivity index (χ1) is 11.9. The highest BCUT2D eigenvalue weighted by molar-refractivity contribution is 6.30. The summed E-state index contributed by atoms with van der Waals surface area (Å²) >= 11 is 6.33. The predicted molar refractivity (Wildman–Crippen MR) is 84.8 cm³/mol. The molecular formula is C17H16ClF4N3. The van der Waals surface area contributed by atoms with E-state index >= 15 is 0 Å². The fourth-order valence-electron chi connectivity index (χ4n) is 3.52. The topological polar surface area (TPSA) is 21.1 Å². The lowest BCUT2D eigenvalue weighted by Gasteiger charge is -2.33. The number of fused-ring (bicyclic) bond motifs is 1. The Labute approximate surface area is 147 Å². The van der Waals surface area contributed by atoms with E-state index < -0.39 is 23.6 Å². The summed E-state index contributed by atoms with van der Waals surface area (Å²) in [5.74, 6) is -1.33. The number of halogens is 5. The molecule has 0 amide bonds. The van der Waals surface area contributed by atoms with Crippen LogP contribution in [-0.4, -0.2) is 33.2 Å². The van der Waals surface area contributed by atoms with E-state index in [1.807, 2.05) is 0 Å². The normalized spacial score (nSPS) is 19.3. The molecule has 1 aliphatic heterocycles. The molecule has 0 unspecified atom stereocenters. The second-order valence-corrected chi connectivity index (χ2v) is 7.01.